The molecule has 0 bridgehead atoms. The zero-order chi connectivity index (χ0) is 17.9. The Bertz CT molecular complexity index is 1100. The molecule has 5 heteroatoms. The first-order chi connectivity index (χ1) is 12.8. The lowest BCUT2D eigenvalue weighted by molar-refractivity contribution is -0.105. The summed E-state index contributed by atoms with van der Waals surface area (Å²) in [6, 6.07) is 21.0. The molecule has 4 aromatic rings. The normalized spacial score (nSPS) is 10.6. The topological polar surface area (TPSA) is 64.0 Å². The van der Waals surface area contributed by atoms with E-state index in [4.69, 9.17) is 0 Å². The lowest BCUT2D eigenvalue weighted by atomic mass is 10.0. The average molecular weight is 341 g/mol. The van der Waals surface area contributed by atoms with Gasteiger partial charge in [0.15, 0.2) is 0 Å². The van der Waals surface area contributed by atoms with Crippen LogP contribution in [-0.4, -0.2) is 22.2 Å². The van der Waals surface area contributed by atoms with Crippen molar-refractivity contribution in [1.29, 1.82) is 0 Å². The summed E-state index contributed by atoms with van der Waals surface area (Å²) in [4.78, 5) is 26.6. The van der Waals surface area contributed by atoms with Gasteiger partial charge in [-0.3, -0.25) is 14.2 Å². The second-order valence-electron chi connectivity index (χ2n) is 5.85. The molecule has 3 aromatic carbocycles. The SMILES string of the molecule is O=CNc1cccc(-c2cc(C=O)cc3ncn(-c4ccccc4)c23)c1. The highest BCUT2D eigenvalue weighted by Crippen LogP contribution is 2.32. The first-order valence-electron chi connectivity index (χ1n) is 8.12. The van der Waals surface area contributed by atoms with E-state index in [2.05, 4.69) is 10.3 Å². The molecule has 0 radical (unpaired) electrons. The first kappa shape index (κ1) is 15.8. The minimum absolute atomic E-state index is 0.555. The summed E-state index contributed by atoms with van der Waals surface area (Å²) in [5.74, 6) is 0. The summed E-state index contributed by atoms with van der Waals surface area (Å²) in [6.45, 7) is 0. The van der Waals surface area contributed by atoms with Crippen LogP contribution in [0.25, 0.3) is 27.8 Å². The highest BCUT2D eigenvalue weighted by atomic mass is 16.1. The minimum Gasteiger partial charge on any atom is -0.329 e. The van der Waals surface area contributed by atoms with Crippen LogP contribution < -0.4 is 5.32 Å². The van der Waals surface area contributed by atoms with E-state index in [0.29, 0.717) is 17.7 Å². The second-order valence-corrected chi connectivity index (χ2v) is 5.85. The van der Waals surface area contributed by atoms with Crippen LogP contribution in [0.4, 0.5) is 5.69 Å². The van der Waals surface area contributed by atoms with Crippen LogP contribution in [0.3, 0.4) is 0 Å². The number of nitrogens with zero attached hydrogens (tertiary/aromatic N) is 2. The lowest BCUT2D eigenvalue weighted by Crippen LogP contribution is -1.96. The maximum atomic E-state index is 11.4. The summed E-state index contributed by atoms with van der Waals surface area (Å²) in [7, 11) is 0. The van der Waals surface area contributed by atoms with Gasteiger partial charge in [0.05, 0.1) is 11.0 Å². The van der Waals surface area contributed by atoms with Gasteiger partial charge >= 0.3 is 0 Å². The maximum Gasteiger partial charge on any atom is 0.211 e. The molecule has 0 aliphatic carbocycles. The van der Waals surface area contributed by atoms with Gasteiger partial charge in [0.2, 0.25) is 6.41 Å². The fraction of sp³-hybridized carbons (Fsp3) is 0. The Morgan fingerprint density at radius 3 is 2.54 bits per heavy atom. The van der Waals surface area contributed by atoms with Crippen LogP contribution in [0.5, 0.6) is 0 Å². The minimum atomic E-state index is 0.555. The van der Waals surface area contributed by atoms with E-state index in [9.17, 15) is 9.59 Å². The fourth-order valence-electron chi connectivity index (χ4n) is 3.09. The van der Waals surface area contributed by atoms with Gasteiger partial charge in [0.1, 0.15) is 12.6 Å². The molecule has 126 valence electrons. The van der Waals surface area contributed by atoms with Crippen molar-refractivity contribution in [3.8, 4) is 16.8 Å². The molecule has 0 saturated carbocycles. The number of para-hydroxylation sites is 1. The molecule has 1 aromatic heterocycles. The summed E-state index contributed by atoms with van der Waals surface area (Å²) in [5, 5.41) is 2.66. The standard InChI is InChI=1S/C21H15N3O2/c25-12-15-9-19(16-5-4-6-17(11-16)23-14-26)21-20(10-15)22-13-24(21)18-7-2-1-3-8-18/h1-14H,(H,23,26). The molecule has 0 aliphatic heterocycles. The third-order valence-corrected chi connectivity index (χ3v) is 4.23. The molecule has 26 heavy (non-hydrogen) atoms. The van der Waals surface area contributed by atoms with Crippen molar-refractivity contribution in [1.82, 2.24) is 9.55 Å². The number of carbonyl (C=O) groups excluding carboxylic acids is 2. The van der Waals surface area contributed by atoms with Crippen molar-refractivity contribution in [2.75, 3.05) is 5.32 Å². The maximum absolute atomic E-state index is 11.4. The smallest absolute Gasteiger partial charge is 0.211 e. The van der Waals surface area contributed by atoms with E-state index in [-0.39, 0.29) is 0 Å². The third kappa shape index (κ3) is 2.75. The van der Waals surface area contributed by atoms with E-state index < -0.39 is 0 Å². The van der Waals surface area contributed by atoms with Crippen molar-refractivity contribution in [3.05, 3.63) is 78.6 Å². The summed E-state index contributed by atoms with van der Waals surface area (Å²) in [6.07, 6.45) is 3.22. The van der Waals surface area contributed by atoms with Crippen LogP contribution in [0.2, 0.25) is 0 Å². The Morgan fingerprint density at radius 2 is 1.77 bits per heavy atom. The predicted molar refractivity (Wildman–Crippen MR) is 102 cm³/mol. The molecule has 0 fully saturated rings. The molecule has 0 unspecified atom stereocenters. The van der Waals surface area contributed by atoms with E-state index >= 15 is 0 Å². The highest BCUT2D eigenvalue weighted by molar-refractivity contribution is 5.98. The number of anilines is 1. The Hall–Kier alpha value is -3.73. The molecule has 0 atom stereocenters. The van der Waals surface area contributed by atoms with Gasteiger partial charge in [-0.2, -0.15) is 0 Å². The Kier molecular flexibility index (Phi) is 4.03. The molecule has 0 spiro atoms. The van der Waals surface area contributed by atoms with Crippen molar-refractivity contribution < 1.29 is 9.59 Å². The van der Waals surface area contributed by atoms with Gasteiger partial charge < -0.3 is 5.32 Å². The Morgan fingerprint density at radius 1 is 0.923 bits per heavy atom. The largest absolute Gasteiger partial charge is 0.329 e. The van der Waals surface area contributed by atoms with Crippen molar-refractivity contribution >= 4 is 29.4 Å². The number of aromatic nitrogens is 2. The van der Waals surface area contributed by atoms with E-state index in [1.54, 1.807) is 12.4 Å². The van der Waals surface area contributed by atoms with Gasteiger partial charge in [-0.1, -0.05) is 30.3 Å². The number of imidazole rings is 1. The molecule has 1 N–H and O–H groups in total. The molecule has 0 aliphatic rings. The number of carbonyl (C=O) groups is 2. The van der Waals surface area contributed by atoms with Crippen molar-refractivity contribution in [2.24, 2.45) is 0 Å². The number of nitrogens with one attached hydrogen (secondary N) is 1. The Balaban J connectivity index is 2.00. The lowest BCUT2D eigenvalue weighted by Gasteiger charge is -2.11. The number of rotatable bonds is 5. The molecular formula is C21H15N3O2. The zero-order valence-electron chi connectivity index (χ0n) is 13.8. The monoisotopic (exact) mass is 341 g/mol. The second kappa shape index (κ2) is 6.64. The predicted octanol–water partition coefficient (Wildman–Crippen LogP) is 4.07. The third-order valence-electron chi connectivity index (χ3n) is 4.23. The van der Waals surface area contributed by atoms with Crippen LogP contribution >= 0.6 is 0 Å². The molecule has 0 saturated heterocycles. The van der Waals surface area contributed by atoms with Crippen LogP contribution in [0.15, 0.2) is 73.1 Å². The van der Waals surface area contributed by atoms with Gasteiger partial charge in [-0.15, -0.1) is 0 Å². The number of amides is 1. The van der Waals surface area contributed by atoms with E-state index in [0.717, 1.165) is 34.1 Å². The zero-order valence-corrected chi connectivity index (χ0v) is 13.8. The van der Waals surface area contributed by atoms with E-state index in [1.807, 2.05) is 65.2 Å². The molecule has 1 heterocycles. The molecule has 4 rings (SSSR count). The van der Waals surface area contributed by atoms with Crippen LogP contribution in [-0.2, 0) is 4.79 Å². The summed E-state index contributed by atoms with van der Waals surface area (Å²) >= 11 is 0. The highest BCUT2D eigenvalue weighted by Gasteiger charge is 2.13. The molecule has 1 amide bonds. The van der Waals surface area contributed by atoms with Gasteiger partial charge in [-0.25, -0.2) is 4.98 Å². The average Bonchev–Trinajstić information content (AvgIpc) is 3.12. The number of benzene rings is 3. The Labute approximate surface area is 149 Å². The van der Waals surface area contributed by atoms with Crippen molar-refractivity contribution in [3.63, 3.8) is 0 Å². The number of aldehydes is 1. The summed E-state index contributed by atoms with van der Waals surface area (Å²) in [5.41, 5.74) is 5.64. The quantitative estimate of drug-likeness (QED) is 0.557. The first-order valence-corrected chi connectivity index (χ1v) is 8.12. The van der Waals surface area contributed by atoms with Gasteiger partial charge in [-0.05, 0) is 42.0 Å². The number of hydrogen-bond donors (Lipinski definition) is 1. The van der Waals surface area contributed by atoms with E-state index in [1.165, 1.54) is 0 Å². The van der Waals surface area contributed by atoms with Gasteiger partial charge in [0.25, 0.3) is 0 Å². The number of fused-ring (bicyclic) bond motifs is 1. The number of hydrogen-bond acceptors (Lipinski definition) is 3. The van der Waals surface area contributed by atoms with Gasteiger partial charge in [0, 0.05) is 22.5 Å². The molecule has 5 nitrogen and oxygen atoms in total. The summed E-state index contributed by atoms with van der Waals surface area (Å²) < 4.78 is 2.00. The van der Waals surface area contributed by atoms with Crippen LogP contribution in [0.1, 0.15) is 10.4 Å². The van der Waals surface area contributed by atoms with Crippen molar-refractivity contribution in [2.45, 2.75) is 0 Å². The molecular weight excluding hydrogens is 326 g/mol. The fourth-order valence-corrected chi connectivity index (χ4v) is 3.09. The van der Waals surface area contributed by atoms with Crippen LogP contribution in [0, 0.1) is 0 Å².